The third-order valence-electron chi connectivity index (χ3n) is 2.26. The maximum absolute atomic E-state index is 8.72. The van der Waals surface area contributed by atoms with E-state index >= 15 is 0 Å². The summed E-state index contributed by atoms with van der Waals surface area (Å²) in [6, 6.07) is 2.12. The van der Waals surface area contributed by atoms with Gasteiger partial charge in [0.2, 0.25) is 0 Å². The van der Waals surface area contributed by atoms with Crippen molar-refractivity contribution in [3.8, 4) is 6.07 Å². The lowest BCUT2D eigenvalue weighted by Crippen LogP contribution is -2.48. The molecule has 3 nitrogen and oxygen atoms in total. The Morgan fingerprint density at radius 1 is 1.42 bits per heavy atom. The van der Waals surface area contributed by atoms with Crippen LogP contribution in [0.15, 0.2) is 0 Å². The molecule has 0 bridgehead atoms. The van der Waals surface area contributed by atoms with Gasteiger partial charge in [-0.2, -0.15) is 5.26 Å². The quantitative estimate of drug-likeness (QED) is 0.659. The summed E-state index contributed by atoms with van der Waals surface area (Å²) in [5.41, 5.74) is 5.07. The summed E-state index contributed by atoms with van der Waals surface area (Å²) in [5, 5.41) is 8.72. The first-order chi connectivity index (χ1) is 5.64. The highest BCUT2D eigenvalue weighted by molar-refractivity contribution is 5.03. The average molecular weight is 167 g/mol. The number of likely N-dealkylation sites (tertiary alicyclic amines) is 1. The summed E-state index contributed by atoms with van der Waals surface area (Å²) < 4.78 is 0. The highest BCUT2D eigenvalue weighted by Crippen LogP contribution is 2.11. The van der Waals surface area contributed by atoms with E-state index in [0.29, 0.717) is 6.54 Å². The molecule has 1 aliphatic heterocycles. The van der Waals surface area contributed by atoms with Crippen molar-refractivity contribution in [2.45, 2.75) is 31.7 Å². The molecule has 12 heavy (non-hydrogen) atoms. The molecular formula is C9H17N3. The average Bonchev–Trinajstić information content (AvgIpc) is 2.06. The van der Waals surface area contributed by atoms with Crippen LogP contribution in [0.1, 0.15) is 26.2 Å². The van der Waals surface area contributed by atoms with Gasteiger partial charge in [0.05, 0.1) is 6.07 Å². The molecule has 0 radical (unpaired) electrons. The Hall–Kier alpha value is -0.590. The van der Waals surface area contributed by atoms with E-state index in [-0.39, 0.29) is 0 Å². The Kier molecular flexibility index (Phi) is 3.07. The molecule has 0 aromatic heterocycles. The van der Waals surface area contributed by atoms with Gasteiger partial charge in [0, 0.05) is 6.54 Å². The standard InChI is InChI=1S/C9H17N3/c1-9(11,7-10)8-12-5-3-2-4-6-12/h2-6,8,11H2,1H3. The normalized spacial score (nSPS) is 24.4. The molecule has 3 heteroatoms. The molecule has 1 atom stereocenters. The van der Waals surface area contributed by atoms with Crippen LogP contribution in [0.5, 0.6) is 0 Å². The minimum atomic E-state index is -0.669. The number of nitrogens with zero attached hydrogens (tertiary/aromatic N) is 2. The molecule has 0 aromatic carbocycles. The highest BCUT2D eigenvalue weighted by Gasteiger charge is 2.22. The van der Waals surface area contributed by atoms with Gasteiger partial charge in [0.1, 0.15) is 5.54 Å². The Balaban J connectivity index is 2.35. The van der Waals surface area contributed by atoms with Crippen molar-refractivity contribution in [3.05, 3.63) is 0 Å². The first kappa shape index (κ1) is 9.50. The Morgan fingerprint density at radius 2 is 2.00 bits per heavy atom. The van der Waals surface area contributed by atoms with Crippen LogP contribution in [0.2, 0.25) is 0 Å². The van der Waals surface area contributed by atoms with Crippen LogP contribution in [0.3, 0.4) is 0 Å². The zero-order valence-corrected chi connectivity index (χ0v) is 7.71. The fraction of sp³-hybridized carbons (Fsp3) is 0.889. The van der Waals surface area contributed by atoms with Crippen LogP contribution in [-0.4, -0.2) is 30.1 Å². The second-order valence-electron chi connectivity index (χ2n) is 3.87. The lowest BCUT2D eigenvalue weighted by Gasteiger charge is -2.30. The minimum Gasteiger partial charge on any atom is -0.313 e. The summed E-state index contributed by atoms with van der Waals surface area (Å²) in [6.45, 7) is 4.72. The number of piperidine rings is 1. The number of hydrogen-bond acceptors (Lipinski definition) is 3. The third kappa shape index (κ3) is 2.80. The molecule has 0 spiro atoms. The van der Waals surface area contributed by atoms with Crippen molar-refractivity contribution < 1.29 is 0 Å². The highest BCUT2D eigenvalue weighted by atomic mass is 15.1. The molecule has 0 amide bonds. The largest absolute Gasteiger partial charge is 0.313 e. The number of hydrogen-bond donors (Lipinski definition) is 1. The zero-order chi connectivity index (χ0) is 9.03. The van der Waals surface area contributed by atoms with Crippen LogP contribution < -0.4 is 5.73 Å². The second kappa shape index (κ2) is 3.88. The Bertz CT molecular complexity index is 175. The second-order valence-corrected chi connectivity index (χ2v) is 3.87. The van der Waals surface area contributed by atoms with Gasteiger partial charge in [-0.1, -0.05) is 6.42 Å². The van der Waals surface area contributed by atoms with Crippen LogP contribution in [-0.2, 0) is 0 Å². The van der Waals surface area contributed by atoms with Crippen molar-refractivity contribution in [1.29, 1.82) is 5.26 Å². The molecule has 1 aliphatic rings. The lowest BCUT2D eigenvalue weighted by molar-refractivity contribution is 0.203. The molecule has 0 aromatic rings. The lowest BCUT2D eigenvalue weighted by atomic mass is 10.0. The first-order valence-corrected chi connectivity index (χ1v) is 4.56. The van der Waals surface area contributed by atoms with Crippen molar-refractivity contribution in [2.24, 2.45) is 5.73 Å². The van der Waals surface area contributed by atoms with Crippen LogP contribution >= 0.6 is 0 Å². The van der Waals surface area contributed by atoms with Crippen molar-refractivity contribution in [2.75, 3.05) is 19.6 Å². The van der Waals surface area contributed by atoms with Gasteiger partial charge >= 0.3 is 0 Å². The third-order valence-corrected chi connectivity index (χ3v) is 2.26. The van der Waals surface area contributed by atoms with E-state index in [0.717, 1.165) is 13.1 Å². The molecule has 0 aliphatic carbocycles. The molecule has 1 unspecified atom stereocenters. The molecular weight excluding hydrogens is 150 g/mol. The Morgan fingerprint density at radius 3 is 2.50 bits per heavy atom. The van der Waals surface area contributed by atoms with E-state index in [9.17, 15) is 0 Å². The molecule has 2 N–H and O–H groups in total. The zero-order valence-electron chi connectivity index (χ0n) is 7.71. The van der Waals surface area contributed by atoms with E-state index in [1.54, 1.807) is 6.92 Å². The molecule has 1 fully saturated rings. The molecule has 1 rings (SSSR count). The summed E-state index contributed by atoms with van der Waals surface area (Å²) in [4.78, 5) is 2.28. The smallest absolute Gasteiger partial charge is 0.114 e. The van der Waals surface area contributed by atoms with Gasteiger partial charge in [-0.3, -0.25) is 0 Å². The Labute approximate surface area is 74.1 Å². The summed E-state index contributed by atoms with van der Waals surface area (Å²) >= 11 is 0. The summed E-state index contributed by atoms with van der Waals surface area (Å²) in [6.07, 6.45) is 3.83. The first-order valence-electron chi connectivity index (χ1n) is 4.56. The van der Waals surface area contributed by atoms with Crippen molar-refractivity contribution in [1.82, 2.24) is 4.90 Å². The van der Waals surface area contributed by atoms with Gasteiger partial charge in [-0.05, 0) is 32.9 Å². The van der Waals surface area contributed by atoms with Crippen molar-refractivity contribution >= 4 is 0 Å². The van der Waals surface area contributed by atoms with Crippen molar-refractivity contribution in [3.63, 3.8) is 0 Å². The van der Waals surface area contributed by atoms with Crippen LogP contribution in [0.4, 0.5) is 0 Å². The van der Waals surface area contributed by atoms with E-state index < -0.39 is 5.54 Å². The fourth-order valence-electron chi connectivity index (χ4n) is 1.62. The summed E-state index contributed by atoms with van der Waals surface area (Å²) in [7, 11) is 0. The predicted octanol–water partition coefficient (Wildman–Crippen LogP) is 0.713. The monoisotopic (exact) mass is 167 g/mol. The molecule has 68 valence electrons. The summed E-state index contributed by atoms with van der Waals surface area (Å²) in [5.74, 6) is 0. The van der Waals surface area contributed by atoms with E-state index in [4.69, 9.17) is 11.0 Å². The maximum Gasteiger partial charge on any atom is 0.114 e. The van der Waals surface area contributed by atoms with Gasteiger partial charge < -0.3 is 10.6 Å². The van der Waals surface area contributed by atoms with E-state index in [1.807, 2.05) is 0 Å². The van der Waals surface area contributed by atoms with Crippen LogP contribution in [0, 0.1) is 11.3 Å². The minimum absolute atomic E-state index is 0.669. The van der Waals surface area contributed by atoms with Gasteiger partial charge in [-0.15, -0.1) is 0 Å². The van der Waals surface area contributed by atoms with E-state index in [1.165, 1.54) is 19.3 Å². The molecule has 1 heterocycles. The van der Waals surface area contributed by atoms with Gasteiger partial charge in [0.25, 0.3) is 0 Å². The van der Waals surface area contributed by atoms with Gasteiger partial charge in [0.15, 0.2) is 0 Å². The number of nitrogens with two attached hydrogens (primary N) is 1. The van der Waals surface area contributed by atoms with E-state index in [2.05, 4.69) is 11.0 Å². The van der Waals surface area contributed by atoms with Crippen LogP contribution in [0.25, 0.3) is 0 Å². The molecule has 1 saturated heterocycles. The SMILES string of the molecule is CC(N)(C#N)CN1CCCCC1. The molecule has 0 saturated carbocycles. The topological polar surface area (TPSA) is 53.1 Å². The number of nitriles is 1. The predicted molar refractivity (Wildman–Crippen MR) is 48.5 cm³/mol. The number of rotatable bonds is 2. The maximum atomic E-state index is 8.72. The fourth-order valence-corrected chi connectivity index (χ4v) is 1.62. The van der Waals surface area contributed by atoms with Gasteiger partial charge in [-0.25, -0.2) is 0 Å².